The molecule has 1 atom stereocenters. The summed E-state index contributed by atoms with van der Waals surface area (Å²) in [5, 5.41) is 2.94. The largest absolute Gasteiger partial charge is 0.383 e. The third-order valence-electron chi connectivity index (χ3n) is 4.32. The molecule has 1 amide bonds. The third kappa shape index (κ3) is 3.64. The molecule has 6 nitrogen and oxygen atoms in total. The van der Waals surface area contributed by atoms with Crippen molar-refractivity contribution in [2.24, 2.45) is 5.92 Å². The first-order valence-electron chi connectivity index (χ1n) is 8.15. The SMILES string of the molecule is COCCNC(=O)C1CCCN(c2nc3ccc(C)cc3[nH]2)C1. The van der Waals surface area contributed by atoms with E-state index in [4.69, 9.17) is 4.74 Å². The summed E-state index contributed by atoms with van der Waals surface area (Å²) in [5.41, 5.74) is 3.23. The molecule has 1 unspecified atom stereocenters. The molecule has 0 saturated carbocycles. The molecular weight excluding hydrogens is 292 g/mol. The molecule has 124 valence electrons. The van der Waals surface area contributed by atoms with Gasteiger partial charge in [-0.25, -0.2) is 4.98 Å². The quantitative estimate of drug-likeness (QED) is 0.826. The average Bonchev–Trinajstić information content (AvgIpc) is 2.98. The van der Waals surface area contributed by atoms with Crippen molar-refractivity contribution in [2.45, 2.75) is 19.8 Å². The van der Waals surface area contributed by atoms with E-state index in [2.05, 4.69) is 39.2 Å². The Balaban J connectivity index is 1.68. The predicted octanol–water partition coefficient (Wildman–Crippen LogP) is 1.85. The Morgan fingerprint density at radius 3 is 3.22 bits per heavy atom. The van der Waals surface area contributed by atoms with Crippen LogP contribution in [-0.4, -0.2) is 49.2 Å². The lowest BCUT2D eigenvalue weighted by atomic mass is 9.97. The summed E-state index contributed by atoms with van der Waals surface area (Å²) in [4.78, 5) is 22.5. The van der Waals surface area contributed by atoms with E-state index >= 15 is 0 Å². The van der Waals surface area contributed by atoms with Gasteiger partial charge >= 0.3 is 0 Å². The molecule has 1 aliphatic rings. The lowest BCUT2D eigenvalue weighted by Gasteiger charge is -2.31. The van der Waals surface area contributed by atoms with Crippen LogP contribution in [0.15, 0.2) is 18.2 Å². The molecule has 6 heteroatoms. The van der Waals surface area contributed by atoms with Gasteiger partial charge in [0, 0.05) is 26.7 Å². The maximum Gasteiger partial charge on any atom is 0.224 e. The molecule has 0 radical (unpaired) electrons. The van der Waals surface area contributed by atoms with Crippen LogP contribution in [0.3, 0.4) is 0 Å². The summed E-state index contributed by atoms with van der Waals surface area (Å²) in [6, 6.07) is 6.20. The first-order chi connectivity index (χ1) is 11.2. The Kier molecular flexibility index (Phi) is 4.81. The molecule has 23 heavy (non-hydrogen) atoms. The molecule has 1 aromatic carbocycles. The van der Waals surface area contributed by atoms with E-state index in [9.17, 15) is 4.79 Å². The van der Waals surface area contributed by atoms with Crippen LogP contribution in [0.4, 0.5) is 5.95 Å². The normalized spacial score (nSPS) is 18.3. The van der Waals surface area contributed by atoms with Crippen LogP contribution in [0.1, 0.15) is 18.4 Å². The number of rotatable bonds is 5. The van der Waals surface area contributed by atoms with Crippen LogP contribution >= 0.6 is 0 Å². The van der Waals surface area contributed by atoms with Crippen molar-refractivity contribution in [2.75, 3.05) is 38.3 Å². The molecule has 1 fully saturated rings. The van der Waals surface area contributed by atoms with Crippen LogP contribution in [-0.2, 0) is 9.53 Å². The van der Waals surface area contributed by atoms with Crippen LogP contribution in [0.2, 0.25) is 0 Å². The maximum atomic E-state index is 12.2. The second kappa shape index (κ2) is 7.00. The number of benzene rings is 1. The molecule has 1 aliphatic heterocycles. The Bertz CT molecular complexity index is 682. The van der Waals surface area contributed by atoms with Gasteiger partial charge in [-0.2, -0.15) is 0 Å². The summed E-state index contributed by atoms with van der Waals surface area (Å²) >= 11 is 0. The minimum absolute atomic E-state index is 0.00977. The Morgan fingerprint density at radius 2 is 2.39 bits per heavy atom. The zero-order valence-corrected chi connectivity index (χ0v) is 13.8. The number of anilines is 1. The molecule has 1 saturated heterocycles. The first kappa shape index (κ1) is 15.8. The number of aromatic nitrogens is 2. The van der Waals surface area contributed by atoms with Crippen LogP contribution in [0, 0.1) is 12.8 Å². The van der Waals surface area contributed by atoms with E-state index in [0.29, 0.717) is 19.7 Å². The summed E-state index contributed by atoms with van der Waals surface area (Å²) in [6.07, 6.45) is 1.92. The van der Waals surface area contributed by atoms with Crippen molar-refractivity contribution in [1.29, 1.82) is 0 Å². The van der Waals surface area contributed by atoms with Crippen molar-refractivity contribution in [1.82, 2.24) is 15.3 Å². The van der Waals surface area contributed by atoms with E-state index in [0.717, 1.165) is 36.4 Å². The third-order valence-corrected chi connectivity index (χ3v) is 4.32. The Morgan fingerprint density at radius 1 is 1.52 bits per heavy atom. The fraction of sp³-hybridized carbons (Fsp3) is 0.529. The fourth-order valence-electron chi connectivity index (χ4n) is 3.06. The number of aromatic amines is 1. The predicted molar refractivity (Wildman–Crippen MR) is 90.7 cm³/mol. The summed E-state index contributed by atoms with van der Waals surface area (Å²) < 4.78 is 4.97. The molecule has 2 heterocycles. The number of aryl methyl sites for hydroxylation is 1. The second-order valence-corrected chi connectivity index (χ2v) is 6.15. The number of carbonyl (C=O) groups is 1. The van der Waals surface area contributed by atoms with Crippen molar-refractivity contribution in [3.8, 4) is 0 Å². The molecule has 1 aromatic heterocycles. The molecule has 0 spiro atoms. The van der Waals surface area contributed by atoms with E-state index in [1.54, 1.807) is 7.11 Å². The standard InChI is InChI=1S/C17H24N4O2/c1-12-5-6-14-15(10-12)20-17(19-14)21-8-3-4-13(11-21)16(22)18-7-9-23-2/h5-6,10,13H,3-4,7-9,11H2,1-2H3,(H,18,22)(H,19,20). The van der Waals surface area contributed by atoms with Crippen molar-refractivity contribution in [3.05, 3.63) is 23.8 Å². The Labute approximate surface area is 136 Å². The van der Waals surface area contributed by atoms with Gasteiger partial charge in [0.15, 0.2) is 0 Å². The van der Waals surface area contributed by atoms with E-state index in [1.165, 1.54) is 5.56 Å². The fourth-order valence-corrected chi connectivity index (χ4v) is 3.06. The number of hydrogen-bond donors (Lipinski definition) is 2. The van der Waals surface area contributed by atoms with Crippen LogP contribution < -0.4 is 10.2 Å². The van der Waals surface area contributed by atoms with Gasteiger partial charge in [0.1, 0.15) is 0 Å². The number of hydrogen-bond acceptors (Lipinski definition) is 4. The van der Waals surface area contributed by atoms with Gasteiger partial charge in [-0.05, 0) is 37.5 Å². The number of methoxy groups -OCH3 is 1. The maximum absolute atomic E-state index is 12.2. The Hall–Kier alpha value is -2.08. The number of H-pyrrole nitrogens is 1. The van der Waals surface area contributed by atoms with Crippen molar-refractivity contribution < 1.29 is 9.53 Å². The molecular formula is C17H24N4O2. The molecule has 0 aliphatic carbocycles. The van der Waals surface area contributed by atoms with Crippen molar-refractivity contribution in [3.63, 3.8) is 0 Å². The summed E-state index contributed by atoms with van der Waals surface area (Å²) in [6.45, 7) is 4.82. The van der Waals surface area contributed by atoms with Crippen molar-refractivity contribution >= 4 is 22.9 Å². The highest BCUT2D eigenvalue weighted by atomic mass is 16.5. The zero-order chi connectivity index (χ0) is 16.2. The number of amides is 1. The lowest BCUT2D eigenvalue weighted by Crippen LogP contribution is -2.44. The monoisotopic (exact) mass is 316 g/mol. The highest BCUT2D eigenvalue weighted by molar-refractivity contribution is 5.80. The lowest BCUT2D eigenvalue weighted by molar-refractivity contribution is -0.125. The van der Waals surface area contributed by atoms with Gasteiger partial charge < -0.3 is 19.9 Å². The van der Waals surface area contributed by atoms with Gasteiger partial charge in [-0.3, -0.25) is 4.79 Å². The second-order valence-electron chi connectivity index (χ2n) is 6.15. The number of ether oxygens (including phenoxy) is 1. The number of nitrogens with zero attached hydrogens (tertiary/aromatic N) is 2. The number of piperidine rings is 1. The average molecular weight is 316 g/mol. The number of nitrogens with one attached hydrogen (secondary N) is 2. The van der Waals surface area contributed by atoms with Gasteiger partial charge in [0.25, 0.3) is 0 Å². The molecule has 0 bridgehead atoms. The number of imidazole rings is 1. The van der Waals surface area contributed by atoms with Gasteiger partial charge in [-0.1, -0.05) is 6.07 Å². The topological polar surface area (TPSA) is 70.2 Å². The highest BCUT2D eigenvalue weighted by Gasteiger charge is 2.27. The molecule has 2 N–H and O–H groups in total. The van der Waals surface area contributed by atoms with Gasteiger partial charge in [0.05, 0.1) is 23.6 Å². The van der Waals surface area contributed by atoms with Crippen LogP contribution in [0.5, 0.6) is 0 Å². The van der Waals surface area contributed by atoms with Crippen LogP contribution in [0.25, 0.3) is 11.0 Å². The number of carbonyl (C=O) groups excluding carboxylic acids is 1. The van der Waals surface area contributed by atoms with E-state index < -0.39 is 0 Å². The van der Waals surface area contributed by atoms with E-state index in [1.807, 2.05) is 6.07 Å². The smallest absolute Gasteiger partial charge is 0.224 e. The van der Waals surface area contributed by atoms with E-state index in [-0.39, 0.29) is 11.8 Å². The van der Waals surface area contributed by atoms with Gasteiger partial charge in [-0.15, -0.1) is 0 Å². The summed E-state index contributed by atoms with van der Waals surface area (Å²) in [5.74, 6) is 0.981. The van der Waals surface area contributed by atoms with Gasteiger partial charge in [0.2, 0.25) is 11.9 Å². The minimum atomic E-state index is 0.00977. The summed E-state index contributed by atoms with van der Waals surface area (Å²) in [7, 11) is 1.64. The first-order valence-corrected chi connectivity index (χ1v) is 8.15. The highest BCUT2D eigenvalue weighted by Crippen LogP contribution is 2.24. The number of fused-ring (bicyclic) bond motifs is 1. The molecule has 2 aromatic rings. The minimum Gasteiger partial charge on any atom is -0.383 e. The molecule has 3 rings (SSSR count). The zero-order valence-electron chi connectivity index (χ0n) is 13.8.